The van der Waals surface area contributed by atoms with Crippen LogP contribution in [-0.4, -0.2) is 18.1 Å². The third kappa shape index (κ3) is 2.15. The molecule has 2 heterocycles. The van der Waals surface area contributed by atoms with Crippen molar-refractivity contribution >= 4 is 22.1 Å². The maximum absolute atomic E-state index is 6.43. The van der Waals surface area contributed by atoms with E-state index in [4.69, 9.17) is 5.73 Å². The van der Waals surface area contributed by atoms with Crippen molar-refractivity contribution in [3.8, 4) is 0 Å². The SMILES string of the molecule is Nc1c(N2CCC3(CCCC3)CC2)ccc2cnccc12. The molecule has 0 radical (unpaired) electrons. The summed E-state index contributed by atoms with van der Waals surface area (Å²) in [4.78, 5) is 6.66. The highest BCUT2D eigenvalue weighted by Gasteiger charge is 2.37. The van der Waals surface area contributed by atoms with E-state index in [9.17, 15) is 0 Å². The third-order valence-electron chi connectivity index (χ3n) is 5.67. The first-order valence-corrected chi connectivity index (χ1v) is 8.15. The minimum absolute atomic E-state index is 0.659. The summed E-state index contributed by atoms with van der Waals surface area (Å²) in [6.07, 6.45) is 12.1. The van der Waals surface area contributed by atoms with Gasteiger partial charge in [0.05, 0.1) is 11.4 Å². The number of benzene rings is 1. The van der Waals surface area contributed by atoms with Crippen molar-refractivity contribution in [3.05, 3.63) is 30.6 Å². The van der Waals surface area contributed by atoms with Crippen molar-refractivity contribution < 1.29 is 0 Å². The molecular formula is C18H23N3. The number of nitrogens with zero attached hydrogens (tertiary/aromatic N) is 2. The molecule has 1 aliphatic heterocycles. The Kier molecular flexibility index (Phi) is 3.02. The standard InChI is InChI=1S/C18H23N3/c19-17-15-5-10-20-13-14(15)3-4-16(17)21-11-8-18(9-12-21)6-1-2-7-18/h3-5,10,13H,1-2,6-9,11-12,19H2. The highest BCUT2D eigenvalue weighted by molar-refractivity contribution is 5.98. The second-order valence-corrected chi connectivity index (χ2v) is 6.79. The molecule has 1 aromatic carbocycles. The zero-order valence-electron chi connectivity index (χ0n) is 12.5. The zero-order valence-corrected chi connectivity index (χ0v) is 12.5. The molecule has 1 aliphatic carbocycles. The maximum Gasteiger partial charge on any atom is 0.0632 e. The van der Waals surface area contributed by atoms with Gasteiger partial charge in [-0.25, -0.2) is 0 Å². The van der Waals surface area contributed by atoms with Gasteiger partial charge in [-0.3, -0.25) is 4.98 Å². The molecule has 0 bridgehead atoms. The molecule has 0 atom stereocenters. The van der Waals surface area contributed by atoms with Gasteiger partial charge in [0.1, 0.15) is 0 Å². The Labute approximate surface area is 126 Å². The Morgan fingerprint density at radius 3 is 2.52 bits per heavy atom. The van der Waals surface area contributed by atoms with E-state index in [-0.39, 0.29) is 0 Å². The third-order valence-corrected chi connectivity index (χ3v) is 5.67. The first-order chi connectivity index (χ1) is 10.3. The summed E-state index contributed by atoms with van der Waals surface area (Å²) in [6.45, 7) is 2.31. The summed E-state index contributed by atoms with van der Waals surface area (Å²) < 4.78 is 0. The summed E-state index contributed by atoms with van der Waals surface area (Å²) in [5.74, 6) is 0. The van der Waals surface area contributed by atoms with Crippen LogP contribution < -0.4 is 10.6 Å². The van der Waals surface area contributed by atoms with Crippen LogP contribution in [0.3, 0.4) is 0 Å². The molecule has 1 saturated carbocycles. The van der Waals surface area contributed by atoms with Crippen LogP contribution in [0, 0.1) is 5.41 Å². The molecular weight excluding hydrogens is 258 g/mol. The lowest BCUT2D eigenvalue weighted by molar-refractivity contribution is 0.226. The molecule has 4 rings (SSSR count). The van der Waals surface area contributed by atoms with E-state index in [1.54, 1.807) is 0 Å². The van der Waals surface area contributed by atoms with Gasteiger partial charge in [0.25, 0.3) is 0 Å². The van der Waals surface area contributed by atoms with Gasteiger partial charge in [-0.2, -0.15) is 0 Å². The van der Waals surface area contributed by atoms with E-state index in [2.05, 4.69) is 22.0 Å². The maximum atomic E-state index is 6.43. The van der Waals surface area contributed by atoms with E-state index >= 15 is 0 Å². The molecule has 0 unspecified atom stereocenters. The van der Waals surface area contributed by atoms with Crippen LogP contribution in [0.4, 0.5) is 11.4 Å². The van der Waals surface area contributed by atoms with Gasteiger partial charge in [-0.05, 0) is 43.2 Å². The summed E-state index contributed by atoms with van der Waals surface area (Å²) >= 11 is 0. The number of nitrogens with two attached hydrogens (primary N) is 1. The number of hydrogen-bond donors (Lipinski definition) is 1. The summed E-state index contributed by atoms with van der Waals surface area (Å²) in [5.41, 5.74) is 9.21. The lowest BCUT2D eigenvalue weighted by Gasteiger charge is -2.41. The minimum Gasteiger partial charge on any atom is -0.397 e. The predicted octanol–water partition coefficient (Wildman–Crippen LogP) is 3.98. The Morgan fingerprint density at radius 2 is 1.76 bits per heavy atom. The fourth-order valence-electron chi connectivity index (χ4n) is 4.30. The molecule has 21 heavy (non-hydrogen) atoms. The normalized spacial score (nSPS) is 21.2. The van der Waals surface area contributed by atoms with Crippen molar-refractivity contribution in [2.24, 2.45) is 5.41 Å². The quantitative estimate of drug-likeness (QED) is 0.804. The van der Waals surface area contributed by atoms with E-state index < -0.39 is 0 Å². The number of aromatic nitrogens is 1. The van der Waals surface area contributed by atoms with Crippen LogP contribution in [0.2, 0.25) is 0 Å². The summed E-state index contributed by atoms with van der Waals surface area (Å²) in [5, 5.41) is 2.26. The molecule has 110 valence electrons. The summed E-state index contributed by atoms with van der Waals surface area (Å²) in [7, 11) is 0. The number of pyridine rings is 1. The Balaban J connectivity index is 1.61. The zero-order chi connectivity index (χ0) is 14.3. The summed E-state index contributed by atoms with van der Waals surface area (Å²) in [6, 6.07) is 6.34. The van der Waals surface area contributed by atoms with Gasteiger partial charge >= 0.3 is 0 Å². The second kappa shape index (κ2) is 4.90. The van der Waals surface area contributed by atoms with Crippen LogP contribution in [0.15, 0.2) is 30.6 Å². The van der Waals surface area contributed by atoms with Gasteiger partial charge in [-0.1, -0.05) is 18.9 Å². The Hall–Kier alpha value is -1.77. The van der Waals surface area contributed by atoms with Crippen molar-refractivity contribution in [3.63, 3.8) is 0 Å². The fourth-order valence-corrected chi connectivity index (χ4v) is 4.30. The molecule has 2 aromatic rings. The van der Waals surface area contributed by atoms with Crippen molar-refractivity contribution in [1.29, 1.82) is 0 Å². The van der Waals surface area contributed by atoms with E-state index in [0.29, 0.717) is 5.41 Å². The van der Waals surface area contributed by atoms with Gasteiger partial charge in [0, 0.05) is 36.3 Å². The monoisotopic (exact) mass is 281 g/mol. The van der Waals surface area contributed by atoms with E-state index in [1.165, 1.54) is 44.2 Å². The minimum atomic E-state index is 0.659. The average molecular weight is 281 g/mol. The van der Waals surface area contributed by atoms with E-state index in [0.717, 1.165) is 29.5 Å². The average Bonchev–Trinajstić information content (AvgIpc) is 2.98. The van der Waals surface area contributed by atoms with Gasteiger partial charge in [0.2, 0.25) is 0 Å². The number of piperidine rings is 1. The number of rotatable bonds is 1. The van der Waals surface area contributed by atoms with Crippen LogP contribution in [-0.2, 0) is 0 Å². The fraction of sp³-hybridized carbons (Fsp3) is 0.500. The number of hydrogen-bond acceptors (Lipinski definition) is 3. The molecule has 1 saturated heterocycles. The van der Waals surface area contributed by atoms with Crippen LogP contribution in [0.25, 0.3) is 10.8 Å². The molecule has 2 N–H and O–H groups in total. The molecule has 2 aliphatic rings. The van der Waals surface area contributed by atoms with Crippen molar-refractivity contribution in [2.45, 2.75) is 38.5 Å². The van der Waals surface area contributed by atoms with Crippen LogP contribution in [0.1, 0.15) is 38.5 Å². The highest BCUT2D eigenvalue weighted by Crippen LogP contribution is 2.47. The predicted molar refractivity (Wildman–Crippen MR) is 88.5 cm³/mol. The van der Waals surface area contributed by atoms with Gasteiger partial charge in [-0.15, -0.1) is 0 Å². The first kappa shape index (κ1) is 12.9. The topological polar surface area (TPSA) is 42.1 Å². The van der Waals surface area contributed by atoms with Crippen LogP contribution in [0.5, 0.6) is 0 Å². The van der Waals surface area contributed by atoms with Crippen molar-refractivity contribution in [1.82, 2.24) is 4.98 Å². The number of anilines is 2. The highest BCUT2D eigenvalue weighted by atomic mass is 15.1. The Morgan fingerprint density at radius 1 is 1.00 bits per heavy atom. The van der Waals surface area contributed by atoms with Crippen molar-refractivity contribution in [2.75, 3.05) is 23.7 Å². The molecule has 3 nitrogen and oxygen atoms in total. The molecule has 1 aromatic heterocycles. The van der Waals surface area contributed by atoms with Crippen LogP contribution >= 0.6 is 0 Å². The lowest BCUT2D eigenvalue weighted by atomic mass is 9.77. The smallest absolute Gasteiger partial charge is 0.0632 e. The number of fused-ring (bicyclic) bond motifs is 1. The van der Waals surface area contributed by atoms with Gasteiger partial charge in [0.15, 0.2) is 0 Å². The van der Waals surface area contributed by atoms with Gasteiger partial charge < -0.3 is 10.6 Å². The Bertz CT molecular complexity index is 649. The lowest BCUT2D eigenvalue weighted by Crippen LogP contribution is -2.39. The number of nitrogen functional groups attached to an aromatic ring is 1. The molecule has 1 spiro atoms. The largest absolute Gasteiger partial charge is 0.397 e. The molecule has 2 fully saturated rings. The molecule has 3 heteroatoms. The first-order valence-electron chi connectivity index (χ1n) is 8.15. The molecule has 0 amide bonds. The second-order valence-electron chi connectivity index (χ2n) is 6.79. The van der Waals surface area contributed by atoms with E-state index in [1.807, 2.05) is 18.5 Å².